The molecule has 2 heterocycles. The van der Waals surface area contributed by atoms with E-state index in [0.717, 1.165) is 28.3 Å². The van der Waals surface area contributed by atoms with Crippen molar-refractivity contribution in [3.63, 3.8) is 0 Å². The first kappa shape index (κ1) is 24.2. The molecular formula is C24H28BrF3N2O3. The Hall–Kier alpha value is -1.97. The van der Waals surface area contributed by atoms with Gasteiger partial charge in [-0.3, -0.25) is 4.90 Å². The lowest BCUT2D eigenvalue weighted by Gasteiger charge is -2.37. The number of halogens is 4. The van der Waals surface area contributed by atoms with Gasteiger partial charge in [0.05, 0.1) is 5.56 Å². The molecule has 0 aromatic heterocycles. The van der Waals surface area contributed by atoms with Gasteiger partial charge < -0.3 is 19.5 Å². The second kappa shape index (κ2) is 9.35. The van der Waals surface area contributed by atoms with Crippen molar-refractivity contribution in [3.05, 3.63) is 52.0 Å². The Bertz CT molecular complexity index is 991. The summed E-state index contributed by atoms with van der Waals surface area (Å²) in [6, 6.07) is 9.29. The topological polar surface area (TPSA) is 45.2 Å². The van der Waals surface area contributed by atoms with Crippen LogP contribution in [-0.4, -0.2) is 61.0 Å². The summed E-state index contributed by atoms with van der Waals surface area (Å²) in [6.45, 7) is 7.10. The van der Waals surface area contributed by atoms with Crippen molar-refractivity contribution in [2.75, 3.05) is 44.2 Å². The zero-order valence-electron chi connectivity index (χ0n) is 18.7. The van der Waals surface area contributed by atoms with E-state index in [-0.39, 0.29) is 12.2 Å². The summed E-state index contributed by atoms with van der Waals surface area (Å²) < 4.78 is 51.8. The number of hydrogen-bond acceptors (Lipinski definition) is 5. The number of aliphatic hydroxyl groups is 1. The maximum absolute atomic E-state index is 13.0. The summed E-state index contributed by atoms with van der Waals surface area (Å²) in [5, 5.41) is 10.5. The number of aliphatic hydroxyl groups excluding tert-OH is 1. The average molecular weight is 529 g/mol. The first-order valence-corrected chi connectivity index (χ1v) is 11.8. The van der Waals surface area contributed by atoms with Gasteiger partial charge in [0, 0.05) is 54.9 Å². The molecule has 2 aliphatic rings. The number of hydrogen-bond donors (Lipinski definition) is 1. The minimum atomic E-state index is -4.35. The molecule has 4 rings (SSSR count). The number of fused-ring (bicyclic) bond motifs is 1. The van der Waals surface area contributed by atoms with Gasteiger partial charge in [-0.15, -0.1) is 0 Å². The van der Waals surface area contributed by atoms with Crippen molar-refractivity contribution < 1.29 is 27.8 Å². The van der Waals surface area contributed by atoms with Gasteiger partial charge in [-0.2, -0.15) is 13.2 Å². The van der Waals surface area contributed by atoms with E-state index in [4.69, 9.17) is 9.47 Å². The van der Waals surface area contributed by atoms with E-state index in [1.54, 1.807) is 6.07 Å². The molecule has 5 nitrogen and oxygen atoms in total. The number of benzene rings is 2. The molecule has 1 saturated heterocycles. The lowest BCUT2D eigenvalue weighted by molar-refractivity contribution is -0.137. The zero-order chi connectivity index (χ0) is 23.8. The van der Waals surface area contributed by atoms with E-state index in [2.05, 4.69) is 20.8 Å². The van der Waals surface area contributed by atoms with Crippen LogP contribution in [0.2, 0.25) is 0 Å². The molecule has 180 valence electrons. The second-order valence-electron chi connectivity index (χ2n) is 9.23. The summed E-state index contributed by atoms with van der Waals surface area (Å²) in [7, 11) is 0. The Labute approximate surface area is 200 Å². The van der Waals surface area contributed by atoms with Crippen molar-refractivity contribution in [2.45, 2.75) is 38.1 Å². The molecule has 0 aliphatic carbocycles. The first-order valence-electron chi connectivity index (χ1n) is 11.0. The first-order chi connectivity index (χ1) is 15.5. The summed E-state index contributed by atoms with van der Waals surface area (Å²) in [4.78, 5) is 4.04. The van der Waals surface area contributed by atoms with Crippen LogP contribution in [0.4, 0.5) is 18.9 Å². The van der Waals surface area contributed by atoms with E-state index >= 15 is 0 Å². The third-order valence-electron chi connectivity index (χ3n) is 5.90. The summed E-state index contributed by atoms with van der Waals surface area (Å²) in [6.07, 6.45) is -4.26. The molecule has 33 heavy (non-hydrogen) atoms. The van der Waals surface area contributed by atoms with Crippen LogP contribution in [0.5, 0.6) is 11.5 Å². The fraction of sp³-hybridized carbons (Fsp3) is 0.500. The van der Waals surface area contributed by atoms with Gasteiger partial charge >= 0.3 is 6.18 Å². The summed E-state index contributed by atoms with van der Waals surface area (Å²) in [5.41, 5.74) is 0.713. The van der Waals surface area contributed by atoms with Crippen LogP contribution in [-0.2, 0) is 12.6 Å². The van der Waals surface area contributed by atoms with Gasteiger partial charge in [0.1, 0.15) is 18.3 Å². The molecule has 1 unspecified atom stereocenters. The number of rotatable bonds is 6. The number of anilines is 1. The molecule has 9 heteroatoms. The largest absolute Gasteiger partial charge is 0.487 e. The summed E-state index contributed by atoms with van der Waals surface area (Å²) >= 11 is 3.51. The average Bonchev–Trinajstić information content (AvgIpc) is 3.06. The fourth-order valence-corrected chi connectivity index (χ4v) is 4.84. The van der Waals surface area contributed by atoms with Gasteiger partial charge in [-0.25, -0.2) is 0 Å². The van der Waals surface area contributed by atoms with Crippen molar-refractivity contribution in [1.29, 1.82) is 0 Å². The van der Waals surface area contributed by atoms with Crippen LogP contribution >= 0.6 is 15.9 Å². The molecule has 1 N–H and O–H groups in total. The minimum absolute atomic E-state index is 0.126. The molecule has 0 amide bonds. The standard InChI is InChI=1S/C24H28BrF3N2O3/c1-23(2)13-16-10-18(25)12-21(22(16)33-23)32-15-20(31)14-29-6-8-30(9-7-29)19-5-3-4-17(11-19)24(26,27)28/h3-5,10-12,20,31H,6-9,13-15H2,1-2H3. The highest BCUT2D eigenvalue weighted by molar-refractivity contribution is 9.10. The number of piperazine rings is 1. The van der Waals surface area contributed by atoms with Crippen molar-refractivity contribution in [2.24, 2.45) is 0 Å². The molecule has 0 bridgehead atoms. The lowest BCUT2D eigenvalue weighted by Crippen LogP contribution is -2.49. The highest BCUT2D eigenvalue weighted by Crippen LogP contribution is 2.44. The normalized spacial score (nSPS) is 19.2. The van der Waals surface area contributed by atoms with Crippen molar-refractivity contribution in [1.82, 2.24) is 4.90 Å². The van der Waals surface area contributed by atoms with Crippen LogP contribution in [0.25, 0.3) is 0 Å². The van der Waals surface area contributed by atoms with Gasteiger partial charge in [-0.05, 0) is 44.2 Å². The molecular weight excluding hydrogens is 501 g/mol. The summed E-state index contributed by atoms with van der Waals surface area (Å²) in [5.74, 6) is 1.34. The van der Waals surface area contributed by atoms with E-state index < -0.39 is 17.8 Å². The molecule has 2 aromatic rings. The fourth-order valence-electron chi connectivity index (χ4n) is 4.35. The quantitative estimate of drug-likeness (QED) is 0.586. The van der Waals surface area contributed by atoms with Crippen molar-refractivity contribution >= 4 is 21.6 Å². The smallest absolute Gasteiger partial charge is 0.416 e. The van der Waals surface area contributed by atoms with Crippen LogP contribution in [0.3, 0.4) is 0 Å². The maximum Gasteiger partial charge on any atom is 0.416 e. The monoisotopic (exact) mass is 528 g/mol. The number of alkyl halides is 3. The minimum Gasteiger partial charge on any atom is -0.487 e. The third-order valence-corrected chi connectivity index (χ3v) is 6.36. The molecule has 2 aliphatic heterocycles. The van der Waals surface area contributed by atoms with E-state index in [1.165, 1.54) is 12.1 Å². The number of β-amino-alcohol motifs (C(OH)–C–C–N with tert-alkyl or cyclic N) is 1. The van der Waals surface area contributed by atoms with Crippen LogP contribution < -0.4 is 14.4 Å². The number of nitrogens with zero attached hydrogens (tertiary/aromatic N) is 2. The van der Waals surface area contributed by atoms with Crippen LogP contribution in [0.1, 0.15) is 25.0 Å². The highest BCUT2D eigenvalue weighted by Gasteiger charge is 2.33. The van der Waals surface area contributed by atoms with Crippen LogP contribution in [0.15, 0.2) is 40.9 Å². The van der Waals surface area contributed by atoms with E-state index in [9.17, 15) is 18.3 Å². The van der Waals surface area contributed by atoms with Gasteiger partial charge in [0.15, 0.2) is 11.5 Å². The second-order valence-corrected chi connectivity index (χ2v) is 10.1. The van der Waals surface area contributed by atoms with Gasteiger partial charge in [0.25, 0.3) is 0 Å². The van der Waals surface area contributed by atoms with Gasteiger partial charge in [-0.1, -0.05) is 22.0 Å². The number of ether oxygens (including phenoxy) is 2. The molecule has 0 radical (unpaired) electrons. The molecule has 2 aromatic carbocycles. The SMILES string of the molecule is CC1(C)Cc2cc(Br)cc(OCC(O)CN3CCN(c4cccc(C(F)(F)F)c4)CC3)c2O1. The van der Waals surface area contributed by atoms with Crippen LogP contribution in [0, 0.1) is 0 Å². The predicted octanol–water partition coefficient (Wildman–Crippen LogP) is 4.74. The Balaban J connectivity index is 1.28. The maximum atomic E-state index is 13.0. The molecule has 1 atom stereocenters. The molecule has 0 saturated carbocycles. The van der Waals surface area contributed by atoms with Crippen molar-refractivity contribution in [3.8, 4) is 11.5 Å². The molecule has 0 spiro atoms. The predicted molar refractivity (Wildman–Crippen MR) is 124 cm³/mol. The third kappa shape index (κ3) is 5.94. The lowest BCUT2D eigenvalue weighted by atomic mass is 10.0. The highest BCUT2D eigenvalue weighted by atomic mass is 79.9. The Morgan fingerprint density at radius 3 is 2.58 bits per heavy atom. The Kier molecular flexibility index (Phi) is 6.85. The molecule has 1 fully saturated rings. The Morgan fingerprint density at radius 1 is 1.15 bits per heavy atom. The van der Waals surface area contributed by atoms with E-state index in [0.29, 0.717) is 44.2 Å². The Morgan fingerprint density at radius 2 is 1.88 bits per heavy atom. The van der Waals surface area contributed by atoms with E-state index in [1.807, 2.05) is 30.9 Å². The zero-order valence-corrected chi connectivity index (χ0v) is 20.2. The van der Waals surface area contributed by atoms with Gasteiger partial charge in [0.2, 0.25) is 0 Å².